The molecular formula is C18H19NO. The van der Waals surface area contributed by atoms with Gasteiger partial charge in [0.25, 0.3) is 0 Å². The molecule has 2 aromatic rings. The molecule has 0 fully saturated rings. The van der Waals surface area contributed by atoms with Crippen LogP contribution in [0.25, 0.3) is 11.1 Å². The van der Waals surface area contributed by atoms with Gasteiger partial charge in [-0.25, -0.2) is 0 Å². The van der Waals surface area contributed by atoms with Crippen molar-refractivity contribution in [3.05, 3.63) is 53.1 Å². The maximum absolute atomic E-state index is 5.40. The zero-order valence-electron chi connectivity index (χ0n) is 12.0. The quantitative estimate of drug-likeness (QED) is 0.783. The standard InChI is InChI=1S/C18H19NO/c1-19-9-8-12-4-3-5-15-16-11-14(20-2)7-6-13(16)10-17(19)18(12)15/h3-7,11,17H,8-10H2,1-2H3. The van der Waals surface area contributed by atoms with Crippen LogP contribution in [0.2, 0.25) is 0 Å². The van der Waals surface area contributed by atoms with Gasteiger partial charge in [-0.2, -0.15) is 0 Å². The SMILES string of the molecule is COc1ccc2c(c1)-c1cccc3c1C(C2)N(C)CC3. The van der Waals surface area contributed by atoms with Crippen LogP contribution in [0.1, 0.15) is 22.7 Å². The minimum absolute atomic E-state index is 0.538. The summed E-state index contributed by atoms with van der Waals surface area (Å²) in [6.07, 6.45) is 2.27. The Kier molecular flexibility index (Phi) is 2.61. The highest BCUT2D eigenvalue weighted by Crippen LogP contribution is 2.45. The second-order valence-corrected chi connectivity index (χ2v) is 5.85. The molecule has 0 amide bonds. The molecule has 0 radical (unpaired) electrons. The third kappa shape index (κ3) is 1.61. The highest BCUT2D eigenvalue weighted by Gasteiger charge is 2.32. The Balaban J connectivity index is 1.97. The van der Waals surface area contributed by atoms with E-state index in [0.717, 1.165) is 25.1 Å². The molecule has 1 aliphatic heterocycles. The minimum Gasteiger partial charge on any atom is -0.497 e. The van der Waals surface area contributed by atoms with Crippen LogP contribution in [0.15, 0.2) is 36.4 Å². The molecule has 0 saturated heterocycles. The average molecular weight is 265 g/mol. The molecule has 0 N–H and O–H groups in total. The van der Waals surface area contributed by atoms with Gasteiger partial charge in [0, 0.05) is 12.6 Å². The van der Waals surface area contributed by atoms with Crippen molar-refractivity contribution in [2.75, 3.05) is 20.7 Å². The monoisotopic (exact) mass is 265 g/mol. The lowest BCUT2D eigenvalue weighted by Gasteiger charge is -2.39. The van der Waals surface area contributed by atoms with Crippen LogP contribution >= 0.6 is 0 Å². The summed E-state index contributed by atoms with van der Waals surface area (Å²) in [5.74, 6) is 0.948. The number of nitrogens with zero attached hydrogens (tertiary/aromatic N) is 1. The molecule has 2 aliphatic rings. The lowest BCUT2D eigenvalue weighted by molar-refractivity contribution is 0.228. The third-order valence-corrected chi connectivity index (χ3v) is 4.82. The Morgan fingerprint density at radius 3 is 2.85 bits per heavy atom. The second-order valence-electron chi connectivity index (χ2n) is 5.85. The van der Waals surface area contributed by atoms with E-state index < -0.39 is 0 Å². The van der Waals surface area contributed by atoms with Gasteiger partial charge < -0.3 is 4.74 Å². The van der Waals surface area contributed by atoms with Crippen LogP contribution in [0.4, 0.5) is 0 Å². The van der Waals surface area contributed by atoms with E-state index in [1.165, 1.54) is 22.3 Å². The Morgan fingerprint density at radius 2 is 2.00 bits per heavy atom. The molecule has 0 saturated carbocycles. The Labute approximate surface area is 120 Å². The number of benzene rings is 2. The van der Waals surface area contributed by atoms with Crippen LogP contribution in [-0.4, -0.2) is 25.6 Å². The number of ether oxygens (including phenoxy) is 1. The zero-order valence-corrected chi connectivity index (χ0v) is 12.0. The molecule has 4 rings (SSSR count). The second kappa shape index (κ2) is 4.35. The summed E-state index contributed by atoms with van der Waals surface area (Å²) in [5, 5.41) is 0. The molecule has 0 bridgehead atoms. The zero-order chi connectivity index (χ0) is 13.7. The van der Waals surface area contributed by atoms with Crippen molar-refractivity contribution >= 4 is 0 Å². The fourth-order valence-electron chi connectivity index (χ4n) is 3.71. The number of hydrogen-bond donors (Lipinski definition) is 0. The molecule has 20 heavy (non-hydrogen) atoms. The van der Waals surface area contributed by atoms with Crippen molar-refractivity contribution in [2.45, 2.75) is 18.9 Å². The van der Waals surface area contributed by atoms with E-state index in [0.29, 0.717) is 6.04 Å². The first-order valence-electron chi connectivity index (χ1n) is 7.27. The first-order chi connectivity index (χ1) is 9.78. The van der Waals surface area contributed by atoms with Gasteiger partial charge in [0.1, 0.15) is 5.75 Å². The lowest BCUT2D eigenvalue weighted by atomic mass is 9.77. The van der Waals surface area contributed by atoms with E-state index in [2.05, 4.69) is 48.3 Å². The summed E-state index contributed by atoms with van der Waals surface area (Å²) in [6, 6.07) is 13.8. The highest BCUT2D eigenvalue weighted by molar-refractivity contribution is 5.76. The van der Waals surface area contributed by atoms with Gasteiger partial charge in [-0.05, 0) is 59.8 Å². The first kappa shape index (κ1) is 12.0. The van der Waals surface area contributed by atoms with Gasteiger partial charge >= 0.3 is 0 Å². The van der Waals surface area contributed by atoms with Crippen molar-refractivity contribution in [3.63, 3.8) is 0 Å². The molecule has 2 heteroatoms. The molecular weight excluding hydrogens is 246 g/mol. The largest absolute Gasteiger partial charge is 0.497 e. The number of likely N-dealkylation sites (N-methyl/N-ethyl adjacent to an activating group) is 1. The Hall–Kier alpha value is -1.80. The van der Waals surface area contributed by atoms with Crippen LogP contribution in [0, 0.1) is 0 Å². The van der Waals surface area contributed by atoms with Crippen molar-refractivity contribution in [2.24, 2.45) is 0 Å². The molecule has 2 aromatic carbocycles. The molecule has 1 heterocycles. The van der Waals surface area contributed by atoms with Crippen LogP contribution in [0.3, 0.4) is 0 Å². The normalized spacial score (nSPS) is 20.2. The fourth-order valence-corrected chi connectivity index (χ4v) is 3.71. The Morgan fingerprint density at radius 1 is 1.10 bits per heavy atom. The van der Waals surface area contributed by atoms with Crippen molar-refractivity contribution in [3.8, 4) is 16.9 Å². The maximum atomic E-state index is 5.40. The first-order valence-corrected chi connectivity index (χ1v) is 7.27. The average Bonchev–Trinajstić information content (AvgIpc) is 2.50. The van der Waals surface area contributed by atoms with E-state index in [1.54, 1.807) is 12.7 Å². The van der Waals surface area contributed by atoms with E-state index in [-0.39, 0.29) is 0 Å². The highest BCUT2D eigenvalue weighted by atomic mass is 16.5. The summed E-state index contributed by atoms with van der Waals surface area (Å²) >= 11 is 0. The summed E-state index contributed by atoms with van der Waals surface area (Å²) in [6.45, 7) is 1.16. The number of fused-ring (bicyclic) bond motifs is 2. The van der Waals surface area contributed by atoms with Gasteiger partial charge in [-0.1, -0.05) is 24.3 Å². The molecule has 0 aromatic heterocycles. The number of hydrogen-bond acceptors (Lipinski definition) is 2. The van der Waals surface area contributed by atoms with Crippen molar-refractivity contribution in [1.82, 2.24) is 4.90 Å². The predicted octanol–water partition coefficient (Wildman–Crippen LogP) is 3.45. The van der Waals surface area contributed by atoms with Gasteiger partial charge in [0.2, 0.25) is 0 Å². The molecule has 102 valence electrons. The van der Waals surface area contributed by atoms with Gasteiger partial charge in [0.15, 0.2) is 0 Å². The van der Waals surface area contributed by atoms with Gasteiger partial charge in [-0.15, -0.1) is 0 Å². The minimum atomic E-state index is 0.538. The predicted molar refractivity (Wildman–Crippen MR) is 81.2 cm³/mol. The van der Waals surface area contributed by atoms with Crippen LogP contribution < -0.4 is 4.74 Å². The molecule has 1 atom stereocenters. The topological polar surface area (TPSA) is 12.5 Å². The van der Waals surface area contributed by atoms with Crippen molar-refractivity contribution < 1.29 is 4.74 Å². The summed E-state index contributed by atoms with van der Waals surface area (Å²) in [4.78, 5) is 2.50. The smallest absolute Gasteiger partial charge is 0.119 e. The van der Waals surface area contributed by atoms with E-state index in [1.807, 2.05) is 0 Å². The molecule has 0 spiro atoms. The van der Waals surface area contributed by atoms with Crippen LogP contribution in [-0.2, 0) is 12.8 Å². The van der Waals surface area contributed by atoms with E-state index >= 15 is 0 Å². The summed E-state index contributed by atoms with van der Waals surface area (Å²) in [7, 11) is 3.99. The van der Waals surface area contributed by atoms with Gasteiger partial charge in [0.05, 0.1) is 7.11 Å². The maximum Gasteiger partial charge on any atom is 0.119 e. The molecule has 2 nitrogen and oxygen atoms in total. The van der Waals surface area contributed by atoms with E-state index in [9.17, 15) is 0 Å². The van der Waals surface area contributed by atoms with Crippen molar-refractivity contribution in [1.29, 1.82) is 0 Å². The third-order valence-electron chi connectivity index (χ3n) is 4.82. The van der Waals surface area contributed by atoms with Gasteiger partial charge in [-0.3, -0.25) is 4.90 Å². The number of methoxy groups -OCH3 is 1. The van der Waals surface area contributed by atoms with Crippen LogP contribution in [0.5, 0.6) is 5.75 Å². The lowest BCUT2D eigenvalue weighted by Crippen LogP contribution is -2.35. The van der Waals surface area contributed by atoms with E-state index in [4.69, 9.17) is 4.74 Å². The molecule has 1 unspecified atom stereocenters. The number of rotatable bonds is 1. The summed E-state index contributed by atoms with van der Waals surface area (Å²) < 4.78 is 5.40. The summed E-state index contributed by atoms with van der Waals surface area (Å²) in [5.41, 5.74) is 7.27. The fraction of sp³-hybridized carbons (Fsp3) is 0.333. The Bertz CT molecular complexity index is 677. The molecule has 1 aliphatic carbocycles.